The summed E-state index contributed by atoms with van der Waals surface area (Å²) in [5.74, 6) is 0. The van der Waals surface area contributed by atoms with E-state index >= 15 is 0 Å². The monoisotopic (exact) mass is 240 g/mol. The second kappa shape index (κ2) is 5.56. The van der Waals surface area contributed by atoms with Crippen molar-refractivity contribution in [1.82, 2.24) is 0 Å². The summed E-state index contributed by atoms with van der Waals surface area (Å²) in [5, 5.41) is 8.99. The van der Waals surface area contributed by atoms with Gasteiger partial charge in [0.15, 0.2) is 4.98 Å². The molecule has 2 nitrogen and oxygen atoms in total. The zero-order chi connectivity index (χ0) is 12.1. The molecule has 0 radical (unpaired) electrons. The van der Waals surface area contributed by atoms with Crippen LogP contribution in [0, 0.1) is 12.3 Å². The first-order valence-corrected chi connectivity index (χ1v) is 4.10. The largest absolute Gasteiger partial charge is 0.673 e. The number of aryl methyl sites for hydroxylation is 1. The molecule has 1 aromatic rings. The van der Waals surface area contributed by atoms with Crippen LogP contribution in [0.5, 0.6) is 0 Å². The van der Waals surface area contributed by atoms with E-state index in [9.17, 15) is 17.3 Å². The first-order chi connectivity index (χ1) is 6.74. The van der Waals surface area contributed by atoms with E-state index in [0.29, 0.717) is 10.7 Å². The fourth-order valence-electron chi connectivity index (χ4n) is 0.690. The van der Waals surface area contributed by atoms with Gasteiger partial charge in [-0.15, -0.1) is 0 Å². The standard InChI is InChI=1S/C7H6ClN2.BF4/c1-5-2-3-6(8)4-7(5)10-9;2-1(3,4)5/h2-4H,1H3;/q+1;-1. The second-order valence-corrected chi connectivity index (χ2v) is 2.96. The van der Waals surface area contributed by atoms with Gasteiger partial charge in [0.2, 0.25) is 5.39 Å². The molecule has 0 unspecified atom stereocenters. The van der Waals surface area contributed by atoms with Crippen LogP contribution in [-0.2, 0) is 0 Å². The summed E-state index contributed by atoms with van der Waals surface area (Å²) in [6.07, 6.45) is 0. The van der Waals surface area contributed by atoms with Crippen LogP contribution in [0.4, 0.5) is 23.0 Å². The molecule has 0 aliphatic heterocycles. The lowest BCUT2D eigenvalue weighted by Gasteiger charge is -1.94. The number of nitrogens with zero attached hydrogens (tertiary/aromatic N) is 2. The molecule has 15 heavy (non-hydrogen) atoms. The van der Waals surface area contributed by atoms with E-state index in [1.54, 1.807) is 18.2 Å². The summed E-state index contributed by atoms with van der Waals surface area (Å²) < 4.78 is 39.0. The highest BCUT2D eigenvalue weighted by Gasteiger charge is 2.20. The van der Waals surface area contributed by atoms with E-state index in [-0.39, 0.29) is 0 Å². The van der Waals surface area contributed by atoms with Crippen molar-refractivity contribution in [3.05, 3.63) is 33.8 Å². The molecule has 0 fully saturated rings. The Hall–Kier alpha value is -1.29. The molecule has 0 amide bonds. The van der Waals surface area contributed by atoms with Crippen molar-refractivity contribution in [3.8, 4) is 0 Å². The number of benzene rings is 1. The molecule has 0 aliphatic carbocycles. The molecule has 0 spiro atoms. The Bertz CT molecular complexity index is 368. The van der Waals surface area contributed by atoms with E-state index in [1.165, 1.54) is 0 Å². The maximum absolute atomic E-state index is 9.75. The van der Waals surface area contributed by atoms with Gasteiger partial charge in [0.05, 0.1) is 6.07 Å². The van der Waals surface area contributed by atoms with Crippen LogP contribution in [0.25, 0.3) is 4.98 Å². The summed E-state index contributed by atoms with van der Waals surface area (Å²) in [6.45, 7) is 1.85. The fourth-order valence-corrected chi connectivity index (χ4v) is 0.857. The summed E-state index contributed by atoms with van der Waals surface area (Å²) in [6, 6.07) is 5.17. The lowest BCUT2D eigenvalue weighted by molar-refractivity contribution is 0.368. The van der Waals surface area contributed by atoms with Gasteiger partial charge in [-0.05, 0) is 19.1 Å². The van der Waals surface area contributed by atoms with Gasteiger partial charge in [0, 0.05) is 10.6 Å². The number of hydrogen-bond donors (Lipinski definition) is 0. The van der Waals surface area contributed by atoms with Crippen molar-refractivity contribution in [2.75, 3.05) is 0 Å². The molecule has 1 rings (SSSR count). The molecule has 1 aromatic carbocycles. The third kappa shape index (κ3) is 7.76. The van der Waals surface area contributed by atoms with Gasteiger partial charge in [-0.25, -0.2) is 0 Å². The molecule has 0 saturated heterocycles. The SMILES string of the molecule is Cc1ccc(Cl)cc1[N+]#N.F[B-](F)(F)F. The number of rotatable bonds is 0. The molecule has 0 bridgehead atoms. The molecule has 0 heterocycles. The molecule has 0 atom stereocenters. The van der Waals surface area contributed by atoms with Gasteiger partial charge >= 0.3 is 12.9 Å². The van der Waals surface area contributed by atoms with Crippen LogP contribution in [-0.4, -0.2) is 7.25 Å². The van der Waals surface area contributed by atoms with Gasteiger partial charge < -0.3 is 17.3 Å². The predicted octanol–water partition coefficient (Wildman–Crippen LogP) is 4.43. The van der Waals surface area contributed by atoms with E-state index in [0.717, 1.165) is 5.56 Å². The van der Waals surface area contributed by atoms with Gasteiger partial charge in [-0.3, -0.25) is 0 Å². The lowest BCUT2D eigenvalue weighted by atomic mass is 10.2. The van der Waals surface area contributed by atoms with Gasteiger partial charge in [0.1, 0.15) is 0 Å². The van der Waals surface area contributed by atoms with Crippen molar-refractivity contribution in [2.45, 2.75) is 6.92 Å². The van der Waals surface area contributed by atoms with E-state index in [4.69, 9.17) is 17.0 Å². The maximum Gasteiger partial charge on any atom is 0.673 e. The predicted molar refractivity (Wildman–Crippen MR) is 51.1 cm³/mol. The zero-order valence-corrected chi connectivity index (χ0v) is 8.35. The molecule has 0 N–H and O–H groups in total. The topological polar surface area (TPSA) is 28.1 Å². The van der Waals surface area contributed by atoms with Crippen molar-refractivity contribution in [2.24, 2.45) is 0 Å². The average molecular weight is 240 g/mol. The van der Waals surface area contributed by atoms with Gasteiger partial charge in [0.25, 0.3) is 0 Å². The highest BCUT2D eigenvalue weighted by Crippen LogP contribution is 2.22. The minimum atomic E-state index is -6.00. The maximum atomic E-state index is 9.75. The van der Waals surface area contributed by atoms with Crippen LogP contribution >= 0.6 is 11.6 Å². The molecular formula is C7H6BClF4N2. The second-order valence-electron chi connectivity index (χ2n) is 2.53. The summed E-state index contributed by atoms with van der Waals surface area (Å²) in [7, 11) is -6.00. The summed E-state index contributed by atoms with van der Waals surface area (Å²) in [5.41, 5.74) is 1.43. The number of diazo groups is 1. The van der Waals surface area contributed by atoms with Gasteiger partial charge in [-0.2, -0.15) is 0 Å². The third-order valence-corrected chi connectivity index (χ3v) is 1.51. The summed E-state index contributed by atoms with van der Waals surface area (Å²) >= 11 is 5.62. The Kier molecular flexibility index (Phi) is 5.08. The Morgan fingerprint density at radius 3 is 2.07 bits per heavy atom. The number of hydrogen-bond acceptors (Lipinski definition) is 1. The zero-order valence-electron chi connectivity index (χ0n) is 7.59. The fraction of sp³-hybridized carbons (Fsp3) is 0.143. The molecule has 8 heteroatoms. The van der Waals surface area contributed by atoms with Crippen LogP contribution in [0.2, 0.25) is 5.02 Å². The smallest absolute Gasteiger partial charge is 0.418 e. The normalized spacial score (nSPS) is 9.93. The Morgan fingerprint density at radius 2 is 1.73 bits per heavy atom. The van der Waals surface area contributed by atoms with E-state index in [1.807, 2.05) is 6.92 Å². The Balaban J connectivity index is 0.000000336. The minimum Gasteiger partial charge on any atom is -0.418 e. The highest BCUT2D eigenvalue weighted by atomic mass is 35.5. The lowest BCUT2D eigenvalue weighted by Crippen LogP contribution is -2.02. The highest BCUT2D eigenvalue weighted by molar-refractivity contribution is 6.50. The third-order valence-electron chi connectivity index (χ3n) is 1.28. The molecule has 0 saturated carbocycles. The van der Waals surface area contributed by atoms with E-state index in [2.05, 4.69) is 4.98 Å². The molecule has 0 aliphatic rings. The van der Waals surface area contributed by atoms with Crippen molar-refractivity contribution < 1.29 is 17.3 Å². The average Bonchev–Trinajstić information content (AvgIpc) is 2.06. The molecular weight excluding hydrogens is 234 g/mol. The van der Waals surface area contributed by atoms with Crippen molar-refractivity contribution in [3.63, 3.8) is 0 Å². The van der Waals surface area contributed by atoms with E-state index < -0.39 is 7.25 Å². The van der Waals surface area contributed by atoms with Crippen LogP contribution in [0.3, 0.4) is 0 Å². The first kappa shape index (κ1) is 13.7. The molecule has 82 valence electrons. The van der Waals surface area contributed by atoms with Crippen LogP contribution in [0.1, 0.15) is 5.56 Å². The van der Waals surface area contributed by atoms with Gasteiger partial charge in [-0.1, -0.05) is 11.6 Å². The van der Waals surface area contributed by atoms with Crippen molar-refractivity contribution in [1.29, 1.82) is 5.39 Å². The Morgan fingerprint density at radius 1 is 1.27 bits per heavy atom. The number of halogens is 5. The first-order valence-electron chi connectivity index (χ1n) is 3.72. The Labute approximate surface area is 88.6 Å². The van der Waals surface area contributed by atoms with Crippen molar-refractivity contribution >= 4 is 24.5 Å². The summed E-state index contributed by atoms with van der Waals surface area (Å²) in [4.78, 5) is 3.05. The van der Waals surface area contributed by atoms with Crippen LogP contribution < -0.4 is 0 Å². The van der Waals surface area contributed by atoms with Crippen LogP contribution in [0.15, 0.2) is 18.2 Å². The quantitative estimate of drug-likeness (QED) is 0.374. The minimum absolute atomic E-state index is 0.521. The molecule has 0 aromatic heterocycles.